The summed E-state index contributed by atoms with van der Waals surface area (Å²) in [6, 6.07) is 15.6. The third-order valence-corrected chi connectivity index (χ3v) is 3.02. The Labute approximate surface area is 111 Å². The lowest BCUT2D eigenvalue weighted by Crippen LogP contribution is -2.16. The monoisotopic (exact) mass is 257 g/mol. The van der Waals surface area contributed by atoms with E-state index in [9.17, 15) is 0 Å². The quantitative estimate of drug-likeness (QED) is 0.871. The van der Waals surface area contributed by atoms with Gasteiger partial charge in [-0.15, -0.1) is 0 Å². The maximum absolute atomic E-state index is 5.84. The molecule has 0 spiro atoms. The fraction of sp³-hybridized carbons (Fsp3) is 0.0667. The molecule has 1 unspecified atom stereocenters. The van der Waals surface area contributed by atoms with E-state index in [-0.39, 0.29) is 6.23 Å². The Morgan fingerprint density at radius 2 is 1.83 bits per heavy atom. The van der Waals surface area contributed by atoms with Crippen LogP contribution in [0.25, 0.3) is 6.08 Å². The van der Waals surface area contributed by atoms with Crippen LogP contribution < -0.4 is 10.1 Å². The van der Waals surface area contributed by atoms with Crippen LogP contribution in [0.1, 0.15) is 5.56 Å². The molecule has 3 heteroatoms. The van der Waals surface area contributed by atoms with Crippen LogP contribution in [0.3, 0.4) is 0 Å². The van der Waals surface area contributed by atoms with Crippen LogP contribution in [0.2, 0.25) is 5.02 Å². The number of para-hydroxylation sites is 2. The predicted molar refractivity (Wildman–Crippen MR) is 75.0 cm³/mol. The Morgan fingerprint density at radius 3 is 2.61 bits per heavy atom. The first-order valence-corrected chi connectivity index (χ1v) is 6.15. The van der Waals surface area contributed by atoms with E-state index < -0.39 is 0 Å². The number of fused-ring (bicyclic) bond motifs is 1. The van der Waals surface area contributed by atoms with Crippen molar-refractivity contribution in [3.05, 3.63) is 65.2 Å². The standard InChI is InChI=1S/C15H12ClNO/c16-12-8-5-11(6-9-12)7-10-15-17-13-3-1-2-4-14(13)18-15/h1-10,15,17H/b10-7+. The third kappa shape index (κ3) is 2.34. The van der Waals surface area contributed by atoms with Gasteiger partial charge in [0.15, 0.2) is 6.23 Å². The van der Waals surface area contributed by atoms with Crippen molar-refractivity contribution in [2.75, 3.05) is 5.32 Å². The Kier molecular flexibility index (Phi) is 2.95. The van der Waals surface area contributed by atoms with Gasteiger partial charge in [0.05, 0.1) is 5.69 Å². The molecule has 2 nitrogen and oxygen atoms in total. The zero-order valence-corrected chi connectivity index (χ0v) is 10.4. The summed E-state index contributed by atoms with van der Waals surface area (Å²) in [5.41, 5.74) is 2.13. The van der Waals surface area contributed by atoms with Crippen molar-refractivity contribution in [1.29, 1.82) is 0 Å². The first kappa shape index (κ1) is 11.2. The van der Waals surface area contributed by atoms with Crippen molar-refractivity contribution in [2.45, 2.75) is 6.23 Å². The number of nitrogens with one attached hydrogen (secondary N) is 1. The zero-order chi connectivity index (χ0) is 12.4. The van der Waals surface area contributed by atoms with Crippen LogP contribution in [0.5, 0.6) is 5.75 Å². The number of benzene rings is 2. The molecule has 1 aliphatic rings. The van der Waals surface area contributed by atoms with Crippen LogP contribution >= 0.6 is 11.6 Å². The summed E-state index contributed by atoms with van der Waals surface area (Å²) in [4.78, 5) is 0. The summed E-state index contributed by atoms with van der Waals surface area (Å²) in [6.07, 6.45) is 3.89. The normalized spacial score (nSPS) is 17.3. The molecule has 1 N–H and O–H groups in total. The number of anilines is 1. The van der Waals surface area contributed by atoms with E-state index in [0.29, 0.717) is 0 Å². The van der Waals surface area contributed by atoms with Crippen molar-refractivity contribution >= 4 is 23.4 Å². The predicted octanol–water partition coefficient (Wildman–Crippen LogP) is 4.18. The van der Waals surface area contributed by atoms with E-state index in [1.54, 1.807) is 0 Å². The average molecular weight is 258 g/mol. The van der Waals surface area contributed by atoms with Crippen LogP contribution in [0.4, 0.5) is 5.69 Å². The summed E-state index contributed by atoms with van der Waals surface area (Å²) < 4.78 is 5.73. The van der Waals surface area contributed by atoms with Gasteiger partial charge in [-0.05, 0) is 35.9 Å². The largest absolute Gasteiger partial charge is 0.465 e. The molecular weight excluding hydrogens is 246 g/mol. The first-order valence-electron chi connectivity index (χ1n) is 5.77. The SMILES string of the molecule is Clc1ccc(/C=C/C2Nc3ccccc3O2)cc1. The second kappa shape index (κ2) is 4.75. The molecule has 2 aromatic carbocycles. The van der Waals surface area contributed by atoms with Gasteiger partial charge in [0, 0.05) is 5.02 Å². The minimum absolute atomic E-state index is 0.113. The highest BCUT2D eigenvalue weighted by atomic mass is 35.5. The third-order valence-electron chi connectivity index (χ3n) is 2.77. The summed E-state index contributed by atoms with van der Waals surface area (Å²) in [6.45, 7) is 0. The highest BCUT2D eigenvalue weighted by molar-refractivity contribution is 6.30. The highest BCUT2D eigenvalue weighted by Crippen LogP contribution is 2.31. The van der Waals surface area contributed by atoms with Gasteiger partial charge in [0.2, 0.25) is 0 Å². The Balaban J connectivity index is 1.71. The number of hydrogen-bond donors (Lipinski definition) is 1. The Hall–Kier alpha value is -1.93. The van der Waals surface area contributed by atoms with Crippen molar-refractivity contribution < 1.29 is 4.74 Å². The van der Waals surface area contributed by atoms with E-state index in [2.05, 4.69) is 5.32 Å². The molecule has 0 radical (unpaired) electrons. The molecule has 3 rings (SSSR count). The molecule has 2 aromatic rings. The molecule has 1 heterocycles. The average Bonchev–Trinajstić information content (AvgIpc) is 2.81. The maximum Gasteiger partial charge on any atom is 0.189 e. The number of hydrogen-bond acceptors (Lipinski definition) is 2. The maximum atomic E-state index is 5.84. The summed E-state index contributed by atoms with van der Waals surface area (Å²) in [5, 5.41) is 4.03. The zero-order valence-electron chi connectivity index (χ0n) is 9.64. The van der Waals surface area contributed by atoms with Gasteiger partial charge in [0.1, 0.15) is 5.75 Å². The van der Waals surface area contributed by atoms with Crippen molar-refractivity contribution in [1.82, 2.24) is 0 Å². The molecule has 0 bridgehead atoms. The fourth-order valence-electron chi connectivity index (χ4n) is 1.87. The summed E-state index contributed by atoms with van der Waals surface area (Å²) in [7, 11) is 0. The second-order valence-electron chi connectivity index (χ2n) is 4.09. The van der Waals surface area contributed by atoms with Gasteiger partial charge in [-0.2, -0.15) is 0 Å². The minimum Gasteiger partial charge on any atom is -0.465 e. The molecule has 0 aromatic heterocycles. The molecule has 0 saturated heterocycles. The van der Waals surface area contributed by atoms with Gasteiger partial charge in [-0.25, -0.2) is 0 Å². The fourth-order valence-corrected chi connectivity index (χ4v) is 1.99. The van der Waals surface area contributed by atoms with Crippen molar-refractivity contribution in [3.63, 3.8) is 0 Å². The number of ether oxygens (including phenoxy) is 1. The van der Waals surface area contributed by atoms with E-state index in [4.69, 9.17) is 16.3 Å². The Morgan fingerprint density at radius 1 is 1.06 bits per heavy atom. The number of rotatable bonds is 2. The van der Waals surface area contributed by atoms with Gasteiger partial charge in [-0.1, -0.05) is 41.9 Å². The summed E-state index contributed by atoms with van der Waals surface area (Å²) >= 11 is 5.84. The van der Waals surface area contributed by atoms with Crippen LogP contribution in [0, 0.1) is 0 Å². The molecule has 0 aliphatic carbocycles. The smallest absolute Gasteiger partial charge is 0.189 e. The molecule has 18 heavy (non-hydrogen) atoms. The van der Waals surface area contributed by atoms with Crippen molar-refractivity contribution in [3.8, 4) is 5.75 Å². The van der Waals surface area contributed by atoms with E-state index in [1.807, 2.05) is 60.7 Å². The highest BCUT2D eigenvalue weighted by Gasteiger charge is 2.17. The minimum atomic E-state index is -0.113. The van der Waals surface area contributed by atoms with Crippen LogP contribution in [0.15, 0.2) is 54.6 Å². The molecule has 0 saturated carbocycles. The first-order chi connectivity index (χ1) is 8.81. The lowest BCUT2D eigenvalue weighted by molar-refractivity contribution is 0.303. The lowest BCUT2D eigenvalue weighted by Gasteiger charge is -2.05. The molecule has 1 aliphatic heterocycles. The van der Waals surface area contributed by atoms with Crippen molar-refractivity contribution in [2.24, 2.45) is 0 Å². The van der Waals surface area contributed by atoms with Crippen LogP contribution in [-0.4, -0.2) is 6.23 Å². The van der Waals surface area contributed by atoms with Crippen LogP contribution in [-0.2, 0) is 0 Å². The molecule has 90 valence electrons. The van der Waals surface area contributed by atoms with Gasteiger partial charge in [0.25, 0.3) is 0 Å². The van der Waals surface area contributed by atoms with Gasteiger partial charge >= 0.3 is 0 Å². The molecular formula is C15H12ClNO. The topological polar surface area (TPSA) is 21.3 Å². The van der Waals surface area contributed by atoms with Gasteiger partial charge in [-0.3, -0.25) is 0 Å². The Bertz CT molecular complexity index is 552. The van der Waals surface area contributed by atoms with E-state index in [0.717, 1.165) is 22.0 Å². The van der Waals surface area contributed by atoms with E-state index in [1.165, 1.54) is 0 Å². The lowest BCUT2D eigenvalue weighted by atomic mass is 10.2. The number of halogens is 1. The van der Waals surface area contributed by atoms with E-state index >= 15 is 0 Å². The molecule has 1 atom stereocenters. The molecule has 0 amide bonds. The second-order valence-corrected chi connectivity index (χ2v) is 4.53. The van der Waals surface area contributed by atoms with Gasteiger partial charge < -0.3 is 10.1 Å². The molecule has 0 fully saturated rings. The summed E-state index contributed by atoms with van der Waals surface area (Å²) in [5.74, 6) is 0.892.